The first-order valence-corrected chi connectivity index (χ1v) is 8.14. The second-order valence-electron chi connectivity index (χ2n) is 5.30. The van der Waals surface area contributed by atoms with Crippen LogP contribution >= 0.6 is 11.3 Å². The van der Waals surface area contributed by atoms with E-state index in [1.54, 1.807) is 5.57 Å². The summed E-state index contributed by atoms with van der Waals surface area (Å²) in [5.41, 5.74) is 3.05. The van der Waals surface area contributed by atoms with Gasteiger partial charge in [0.25, 0.3) is 0 Å². The molecule has 0 spiro atoms. The van der Waals surface area contributed by atoms with Crippen molar-refractivity contribution in [2.24, 2.45) is 5.92 Å². The smallest absolute Gasteiger partial charge is 0.0299 e. The van der Waals surface area contributed by atoms with E-state index in [0.717, 1.165) is 19.0 Å². The van der Waals surface area contributed by atoms with E-state index < -0.39 is 0 Å². The van der Waals surface area contributed by atoms with Crippen molar-refractivity contribution in [2.75, 3.05) is 13.1 Å². The molecule has 1 aliphatic rings. The van der Waals surface area contributed by atoms with Crippen LogP contribution in [0.3, 0.4) is 0 Å². The predicted octanol–water partition coefficient (Wildman–Crippen LogP) is 4.63. The van der Waals surface area contributed by atoms with Gasteiger partial charge in [-0.1, -0.05) is 31.8 Å². The average molecular weight is 263 g/mol. The molecule has 2 rings (SSSR count). The summed E-state index contributed by atoms with van der Waals surface area (Å²) >= 11 is 1.87. The van der Waals surface area contributed by atoms with Gasteiger partial charge in [0.15, 0.2) is 0 Å². The molecule has 0 aromatic carbocycles. The van der Waals surface area contributed by atoms with E-state index in [1.807, 2.05) is 11.3 Å². The van der Waals surface area contributed by atoms with Gasteiger partial charge in [-0.25, -0.2) is 0 Å². The van der Waals surface area contributed by atoms with Gasteiger partial charge in [-0.2, -0.15) is 0 Å². The summed E-state index contributed by atoms with van der Waals surface area (Å²) in [5, 5.41) is 5.72. The molecule has 0 radical (unpaired) electrons. The van der Waals surface area contributed by atoms with Gasteiger partial charge in [-0.3, -0.25) is 0 Å². The monoisotopic (exact) mass is 263 g/mol. The van der Waals surface area contributed by atoms with Gasteiger partial charge >= 0.3 is 0 Å². The second-order valence-corrected chi connectivity index (χ2v) is 6.25. The van der Waals surface area contributed by atoms with Gasteiger partial charge in [0.05, 0.1) is 0 Å². The molecule has 100 valence electrons. The van der Waals surface area contributed by atoms with Gasteiger partial charge in [-0.05, 0) is 55.3 Å². The number of thiophene rings is 1. The maximum atomic E-state index is 3.51. The molecule has 1 aliphatic carbocycles. The van der Waals surface area contributed by atoms with E-state index in [0.29, 0.717) is 0 Å². The number of hydrogen-bond donors (Lipinski definition) is 1. The molecule has 0 aliphatic heterocycles. The summed E-state index contributed by atoms with van der Waals surface area (Å²) in [6.07, 6.45) is 9.50. The van der Waals surface area contributed by atoms with Gasteiger partial charge in [0.1, 0.15) is 0 Å². The SMILES string of the molecule is CCNCC(=Cc1sccc1C)C1CCCCC1. The van der Waals surface area contributed by atoms with Gasteiger partial charge in [-0.15, -0.1) is 11.3 Å². The maximum absolute atomic E-state index is 3.51. The van der Waals surface area contributed by atoms with Crippen LogP contribution in [0.4, 0.5) is 0 Å². The molecule has 0 bridgehead atoms. The summed E-state index contributed by atoms with van der Waals surface area (Å²) in [6.45, 7) is 6.54. The lowest BCUT2D eigenvalue weighted by atomic mass is 9.83. The van der Waals surface area contributed by atoms with Crippen LogP contribution in [0.5, 0.6) is 0 Å². The highest BCUT2D eigenvalue weighted by atomic mass is 32.1. The van der Waals surface area contributed by atoms with Crippen LogP contribution in [0, 0.1) is 12.8 Å². The Morgan fingerprint density at radius 2 is 2.17 bits per heavy atom. The molecule has 0 saturated heterocycles. The fourth-order valence-corrected chi connectivity index (χ4v) is 3.65. The van der Waals surface area contributed by atoms with Crippen molar-refractivity contribution < 1.29 is 0 Å². The van der Waals surface area contributed by atoms with E-state index in [1.165, 1.54) is 42.5 Å². The summed E-state index contributed by atoms with van der Waals surface area (Å²) in [6, 6.07) is 2.22. The van der Waals surface area contributed by atoms with Crippen LogP contribution in [0.1, 0.15) is 49.5 Å². The summed E-state index contributed by atoms with van der Waals surface area (Å²) in [5.74, 6) is 0.819. The fraction of sp³-hybridized carbons (Fsp3) is 0.625. The molecule has 1 aromatic rings. The molecule has 1 saturated carbocycles. The number of likely N-dealkylation sites (N-methyl/N-ethyl adjacent to an activating group) is 1. The third kappa shape index (κ3) is 3.69. The van der Waals surface area contributed by atoms with Crippen LogP contribution in [0.25, 0.3) is 6.08 Å². The molecule has 18 heavy (non-hydrogen) atoms. The number of hydrogen-bond acceptors (Lipinski definition) is 2. The average Bonchev–Trinajstić information content (AvgIpc) is 2.81. The van der Waals surface area contributed by atoms with Crippen LogP contribution < -0.4 is 5.32 Å². The van der Waals surface area contributed by atoms with E-state index in [2.05, 4.69) is 36.7 Å². The number of rotatable bonds is 5. The first-order chi connectivity index (χ1) is 8.81. The standard InChI is InChI=1S/C16H25NS/c1-3-17-12-15(14-7-5-4-6-8-14)11-16-13(2)9-10-18-16/h9-11,14,17H,3-8,12H2,1-2H3. The Balaban J connectivity index is 2.13. The number of nitrogens with one attached hydrogen (secondary N) is 1. The van der Waals surface area contributed by atoms with Crippen molar-refractivity contribution in [1.29, 1.82) is 0 Å². The molecule has 1 aromatic heterocycles. The normalized spacial score (nSPS) is 18.2. The molecule has 1 N–H and O–H groups in total. The highest BCUT2D eigenvalue weighted by Crippen LogP contribution is 2.31. The minimum absolute atomic E-state index is 0.819. The van der Waals surface area contributed by atoms with Crippen molar-refractivity contribution in [3.05, 3.63) is 27.5 Å². The first-order valence-electron chi connectivity index (χ1n) is 7.26. The molecule has 1 nitrogen and oxygen atoms in total. The number of aryl methyl sites for hydroxylation is 1. The molecule has 0 unspecified atom stereocenters. The predicted molar refractivity (Wildman–Crippen MR) is 82.2 cm³/mol. The Labute approximate surface area is 115 Å². The molecule has 0 amide bonds. The highest BCUT2D eigenvalue weighted by molar-refractivity contribution is 7.11. The van der Waals surface area contributed by atoms with Crippen molar-refractivity contribution in [3.8, 4) is 0 Å². The molecular formula is C16H25NS. The Morgan fingerprint density at radius 3 is 2.78 bits per heavy atom. The third-order valence-corrected chi connectivity index (χ3v) is 4.89. The Morgan fingerprint density at radius 1 is 1.39 bits per heavy atom. The lowest BCUT2D eigenvalue weighted by molar-refractivity contribution is 0.397. The van der Waals surface area contributed by atoms with Crippen LogP contribution in [0.15, 0.2) is 17.0 Å². The van der Waals surface area contributed by atoms with Crippen LogP contribution in [0.2, 0.25) is 0 Å². The first kappa shape index (κ1) is 13.8. The molecule has 2 heteroatoms. The molecule has 1 fully saturated rings. The molecular weight excluding hydrogens is 238 g/mol. The van der Waals surface area contributed by atoms with Gasteiger partial charge in [0.2, 0.25) is 0 Å². The van der Waals surface area contributed by atoms with Crippen molar-refractivity contribution in [2.45, 2.75) is 46.0 Å². The van der Waals surface area contributed by atoms with E-state index in [9.17, 15) is 0 Å². The quantitative estimate of drug-likeness (QED) is 0.816. The zero-order valence-electron chi connectivity index (χ0n) is 11.7. The maximum Gasteiger partial charge on any atom is 0.0299 e. The Kier molecular flexibility index (Phi) is 5.45. The lowest BCUT2D eigenvalue weighted by Crippen LogP contribution is -2.22. The molecule has 1 heterocycles. The van der Waals surface area contributed by atoms with E-state index in [4.69, 9.17) is 0 Å². The lowest BCUT2D eigenvalue weighted by Gasteiger charge is -2.25. The van der Waals surface area contributed by atoms with Crippen LogP contribution in [-0.4, -0.2) is 13.1 Å². The largest absolute Gasteiger partial charge is 0.313 e. The zero-order valence-corrected chi connectivity index (χ0v) is 12.5. The fourth-order valence-electron chi connectivity index (χ4n) is 2.76. The van der Waals surface area contributed by atoms with Crippen molar-refractivity contribution in [3.63, 3.8) is 0 Å². The summed E-state index contributed by atoms with van der Waals surface area (Å²) in [7, 11) is 0. The third-order valence-electron chi connectivity index (χ3n) is 3.93. The van der Waals surface area contributed by atoms with Crippen LogP contribution in [-0.2, 0) is 0 Å². The summed E-state index contributed by atoms with van der Waals surface area (Å²) in [4.78, 5) is 1.45. The van der Waals surface area contributed by atoms with Gasteiger partial charge in [0, 0.05) is 11.4 Å². The minimum Gasteiger partial charge on any atom is -0.313 e. The summed E-state index contributed by atoms with van der Waals surface area (Å²) < 4.78 is 0. The topological polar surface area (TPSA) is 12.0 Å². The molecule has 0 atom stereocenters. The van der Waals surface area contributed by atoms with E-state index >= 15 is 0 Å². The van der Waals surface area contributed by atoms with Crippen molar-refractivity contribution in [1.82, 2.24) is 5.32 Å². The van der Waals surface area contributed by atoms with E-state index in [-0.39, 0.29) is 0 Å². The Hall–Kier alpha value is -0.600. The minimum atomic E-state index is 0.819. The zero-order chi connectivity index (χ0) is 12.8. The van der Waals surface area contributed by atoms with Gasteiger partial charge < -0.3 is 5.32 Å². The highest BCUT2D eigenvalue weighted by Gasteiger charge is 2.17. The van der Waals surface area contributed by atoms with Crippen molar-refractivity contribution >= 4 is 17.4 Å². The second kappa shape index (κ2) is 7.10. The Bertz CT molecular complexity index is 386.